The second-order valence-corrected chi connectivity index (χ2v) is 7.39. The Morgan fingerprint density at radius 3 is 1.93 bits per heavy atom. The van der Waals surface area contributed by atoms with Gasteiger partial charge >= 0.3 is 0 Å². The van der Waals surface area contributed by atoms with Gasteiger partial charge in [-0.25, -0.2) is 0 Å². The van der Waals surface area contributed by atoms with E-state index in [0.717, 1.165) is 16.8 Å². The highest BCUT2D eigenvalue weighted by atomic mass is 16.2. The molecular weight excluding hydrogens is 360 g/mol. The lowest BCUT2D eigenvalue weighted by molar-refractivity contribution is -0.122. The summed E-state index contributed by atoms with van der Waals surface area (Å²) in [6.07, 6.45) is 0.687. The quantitative estimate of drug-likeness (QED) is 0.695. The highest BCUT2D eigenvalue weighted by Gasteiger charge is 2.32. The molecule has 1 unspecified atom stereocenters. The minimum Gasteiger partial charge on any atom is -0.351 e. The molecule has 1 aliphatic rings. The van der Waals surface area contributed by atoms with Crippen LogP contribution in [0, 0.1) is 0 Å². The molecule has 1 aliphatic heterocycles. The molecule has 146 valence electrons. The number of nitrogens with one attached hydrogen (secondary N) is 1. The third kappa shape index (κ3) is 4.54. The van der Waals surface area contributed by atoms with Crippen molar-refractivity contribution < 1.29 is 9.59 Å². The number of hydrogen-bond donors (Lipinski definition) is 1. The first-order valence-corrected chi connectivity index (χ1v) is 9.95. The molecule has 4 rings (SSSR count). The number of nitrogens with zero attached hydrogens (tertiary/aromatic N) is 1. The van der Waals surface area contributed by atoms with Crippen molar-refractivity contribution in [1.29, 1.82) is 0 Å². The number of anilines is 1. The monoisotopic (exact) mass is 384 g/mol. The van der Waals surface area contributed by atoms with Gasteiger partial charge in [0.05, 0.1) is 6.04 Å². The summed E-state index contributed by atoms with van der Waals surface area (Å²) in [7, 11) is 0. The lowest BCUT2D eigenvalue weighted by Crippen LogP contribution is -2.37. The molecule has 1 N–H and O–H groups in total. The maximum absolute atomic E-state index is 12.9. The summed E-state index contributed by atoms with van der Waals surface area (Å²) < 4.78 is 0. The van der Waals surface area contributed by atoms with Crippen LogP contribution in [0.5, 0.6) is 0 Å². The fraction of sp³-hybridized carbons (Fsp3) is 0.200. The maximum atomic E-state index is 12.9. The topological polar surface area (TPSA) is 49.4 Å². The van der Waals surface area contributed by atoms with Crippen LogP contribution in [-0.4, -0.2) is 24.4 Å². The molecule has 0 radical (unpaired) electrons. The molecule has 0 aromatic heterocycles. The Morgan fingerprint density at radius 2 is 1.38 bits per heavy atom. The number of amides is 2. The number of carbonyl (C=O) groups excluding carboxylic acids is 2. The first kappa shape index (κ1) is 18.9. The van der Waals surface area contributed by atoms with Crippen LogP contribution >= 0.6 is 0 Å². The summed E-state index contributed by atoms with van der Waals surface area (Å²) in [6.45, 7) is 0.510. The zero-order chi connectivity index (χ0) is 20.1. The van der Waals surface area contributed by atoms with Gasteiger partial charge in [-0.15, -0.1) is 0 Å². The normalized spacial score (nSPS) is 16.2. The molecule has 29 heavy (non-hydrogen) atoms. The van der Waals surface area contributed by atoms with Gasteiger partial charge in [0.15, 0.2) is 0 Å². The van der Waals surface area contributed by atoms with Crippen molar-refractivity contribution in [2.75, 3.05) is 11.4 Å². The molecule has 1 atom stereocenters. The molecule has 0 aliphatic carbocycles. The molecule has 0 spiro atoms. The number of carbonyl (C=O) groups is 2. The number of benzene rings is 3. The van der Waals surface area contributed by atoms with Gasteiger partial charge in [-0.3, -0.25) is 9.59 Å². The molecule has 1 heterocycles. The van der Waals surface area contributed by atoms with E-state index >= 15 is 0 Å². The van der Waals surface area contributed by atoms with Crippen molar-refractivity contribution in [3.05, 3.63) is 102 Å². The average molecular weight is 384 g/mol. The minimum absolute atomic E-state index is 0.0141. The van der Waals surface area contributed by atoms with Crippen LogP contribution in [0.15, 0.2) is 91.0 Å². The fourth-order valence-corrected chi connectivity index (χ4v) is 3.93. The van der Waals surface area contributed by atoms with E-state index in [2.05, 4.69) is 29.6 Å². The van der Waals surface area contributed by atoms with Crippen molar-refractivity contribution in [3.8, 4) is 0 Å². The summed E-state index contributed by atoms with van der Waals surface area (Å²) in [4.78, 5) is 27.0. The lowest BCUT2D eigenvalue weighted by Gasteiger charge is -2.20. The van der Waals surface area contributed by atoms with E-state index in [0.29, 0.717) is 19.4 Å². The SMILES string of the molecule is O=C(CC(c1ccccc1)c1ccccc1)NC1CC(=O)N(c2ccccc2)C1. The highest BCUT2D eigenvalue weighted by molar-refractivity contribution is 5.96. The molecule has 1 fully saturated rings. The van der Waals surface area contributed by atoms with Gasteiger partial charge in [0, 0.05) is 31.0 Å². The average Bonchev–Trinajstić information content (AvgIpc) is 3.13. The Bertz CT molecular complexity index is 918. The Hall–Kier alpha value is -3.40. The number of para-hydroxylation sites is 1. The van der Waals surface area contributed by atoms with Crippen LogP contribution in [0.2, 0.25) is 0 Å². The van der Waals surface area contributed by atoms with Gasteiger partial charge in [-0.2, -0.15) is 0 Å². The predicted octanol–water partition coefficient (Wildman–Crippen LogP) is 4.13. The molecule has 4 heteroatoms. The van der Waals surface area contributed by atoms with Gasteiger partial charge in [0.25, 0.3) is 0 Å². The molecule has 3 aromatic carbocycles. The van der Waals surface area contributed by atoms with Gasteiger partial charge in [-0.1, -0.05) is 78.9 Å². The van der Waals surface area contributed by atoms with E-state index in [9.17, 15) is 9.59 Å². The van der Waals surface area contributed by atoms with Crippen LogP contribution in [0.3, 0.4) is 0 Å². The molecule has 2 amide bonds. The Morgan fingerprint density at radius 1 is 0.862 bits per heavy atom. The number of rotatable bonds is 6. The molecular formula is C25H24N2O2. The van der Waals surface area contributed by atoms with E-state index in [1.54, 1.807) is 4.90 Å². The Labute approximate surface area is 171 Å². The largest absolute Gasteiger partial charge is 0.351 e. The van der Waals surface area contributed by atoms with Gasteiger partial charge in [-0.05, 0) is 23.3 Å². The summed E-state index contributed by atoms with van der Waals surface area (Å²) in [6, 6.07) is 29.6. The Balaban J connectivity index is 1.44. The van der Waals surface area contributed by atoms with Crippen molar-refractivity contribution in [3.63, 3.8) is 0 Å². The van der Waals surface area contributed by atoms with Crippen LogP contribution in [0.1, 0.15) is 29.9 Å². The van der Waals surface area contributed by atoms with Gasteiger partial charge in [0.2, 0.25) is 11.8 Å². The maximum Gasteiger partial charge on any atom is 0.229 e. The zero-order valence-electron chi connectivity index (χ0n) is 16.2. The molecule has 4 nitrogen and oxygen atoms in total. The van der Waals surface area contributed by atoms with Gasteiger partial charge < -0.3 is 10.2 Å². The summed E-state index contributed by atoms with van der Waals surface area (Å²) in [5.41, 5.74) is 3.10. The van der Waals surface area contributed by atoms with E-state index in [1.165, 1.54) is 0 Å². The fourth-order valence-electron chi connectivity index (χ4n) is 3.93. The van der Waals surface area contributed by atoms with Crippen LogP contribution in [-0.2, 0) is 9.59 Å². The van der Waals surface area contributed by atoms with Crippen molar-refractivity contribution in [2.45, 2.75) is 24.8 Å². The van der Waals surface area contributed by atoms with E-state index in [-0.39, 0.29) is 23.8 Å². The summed E-state index contributed by atoms with van der Waals surface area (Å²) in [5, 5.41) is 3.08. The smallest absolute Gasteiger partial charge is 0.229 e. The second kappa shape index (κ2) is 8.74. The summed E-state index contributed by atoms with van der Waals surface area (Å²) in [5.74, 6) is -0.000632. The Kier molecular flexibility index (Phi) is 5.71. The van der Waals surface area contributed by atoms with Crippen LogP contribution < -0.4 is 10.2 Å². The summed E-state index contributed by atoms with van der Waals surface area (Å²) >= 11 is 0. The molecule has 3 aromatic rings. The first-order chi connectivity index (χ1) is 14.2. The highest BCUT2D eigenvalue weighted by Crippen LogP contribution is 2.28. The minimum atomic E-state index is -0.164. The van der Waals surface area contributed by atoms with Crippen molar-refractivity contribution in [2.24, 2.45) is 0 Å². The molecule has 0 saturated carbocycles. The van der Waals surface area contributed by atoms with Gasteiger partial charge in [0.1, 0.15) is 0 Å². The molecule has 1 saturated heterocycles. The lowest BCUT2D eigenvalue weighted by atomic mass is 9.88. The van der Waals surface area contributed by atoms with E-state index in [4.69, 9.17) is 0 Å². The first-order valence-electron chi connectivity index (χ1n) is 9.95. The zero-order valence-corrected chi connectivity index (χ0v) is 16.2. The van der Waals surface area contributed by atoms with E-state index < -0.39 is 0 Å². The van der Waals surface area contributed by atoms with Crippen molar-refractivity contribution >= 4 is 17.5 Å². The van der Waals surface area contributed by atoms with Crippen molar-refractivity contribution in [1.82, 2.24) is 5.32 Å². The standard InChI is InChI=1S/C25H24N2O2/c28-24(26-21-16-25(29)27(18-21)22-14-8-3-9-15-22)17-23(19-10-4-1-5-11-19)20-12-6-2-7-13-20/h1-15,21,23H,16-18H2,(H,26,28). The third-order valence-electron chi connectivity index (χ3n) is 5.35. The molecule has 0 bridgehead atoms. The number of hydrogen-bond acceptors (Lipinski definition) is 2. The van der Waals surface area contributed by atoms with Crippen LogP contribution in [0.4, 0.5) is 5.69 Å². The second-order valence-electron chi connectivity index (χ2n) is 7.39. The predicted molar refractivity (Wildman–Crippen MR) is 115 cm³/mol. The van der Waals surface area contributed by atoms with Crippen LogP contribution in [0.25, 0.3) is 0 Å². The third-order valence-corrected chi connectivity index (χ3v) is 5.35. The van der Waals surface area contributed by atoms with E-state index in [1.807, 2.05) is 66.7 Å².